The molecule has 22 heavy (non-hydrogen) atoms. The van der Waals surface area contributed by atoms with E-state index in [-0.39, 0.29) is 12.1 Å². The highest BCUT2D eigenvalue weighted by Crippen LogP contribution is 2.28. The average Bonchev–Trinajstić information content (AvgIpc) is 2.54. The molecule has 3 atom stereocenters. The lowest BCUT2D eigenvalue weighted by Gasteiger charge is -2.31. The molecule has 0 amide bonds. The lowest BCUT2D eigenvalue weighted by atomic mass is 9.86. The van der Waals surface area contributed by atoms with Crippen LogP contribution in [0.1, 0.15) is 42.5 Å². The third-order valence-corrected chi connectivity index (χ3v) is 4.55. The molecule has 1 aliphatic heterocycles. The second-order valence-electron chi connectivity index (χ2n) is 6.15. The van der Waals surface area contributed by atoms with Crippen LogP contribution < -0.4 is 21.7 Å². The van der Waals surface area contributed by atoms with Crippen LogP contribution in [0.25, 0.3) is 0 Å². The van der Waals surface area contributed by atoms with Crippen molar-refractivity contribution in [1.29, 1.82) is 0 Å². The fourth-order valence-corrected chi connectivity index (χ4v) is 3.26. The molecule has 0 radical (unpaired) electrons. The van der Waals surface area contributed by atoms with Crippen molar-refractivity contribution >= 4 is 0 Å². The van der Waals surface area contributed by atoms with Crippen molar-refractivity contribution in [3.05, 3.63) is 47.7 Å². The Labute approximate surface area is 134 Å². The first kappa shape index (κ1) is 17.0. The van der Waals surface area contributed by atoms with Gasteiger partial charge in [0.15, 0.2) is 0 Å². The first-order valence-corrected chi connectivity index (χ1v) is 8.30. The van der Waals surface area contributed by atoms with Gasteiger partial charge in [-0.2, -0.15) is 0 Å². The SMILES string of the molecule is C=CNC(CC(N)CC)c1cccc2c1CC(CNC)NC2. The van der Waals surface area contributed by atoms with Crippen LogP contribution in [-0.4, -0.2) is 25.7 Å². The van der Waals surface area contributed by atoms with Gasteiger partial charge in [-0.25, -0.2) is 0 Å². The van der Waals surface area contributed by atoms with Gasteiger partial charge in [-0.15, -0.1) is 0 Å². The Morgan fingerprint density at radius 3 is 3.00 bits per heavy atom. The summed E-state index contributed by atoms with van der Waals surface area (Å²) in [6, 6.07) is 7.57. The number of hydrogen-bond acceptors (Lipinski definition) is 4. The number of benzene rings is 1. The smallest absolute Gasteiger partial charge is 0.0525 e. The van der Waals surface area contributed by atoms with E-state index in [0.29, 0.717) is 6.04 Å². The maximum absolute atomic E-state index is 6.20. The zero-order valence-corrected chi connectivity index (χ0v) is 13.9. The first-order valence-electron chi connectivity index (χ1n) is 8.30. The predicted molar refractivity (Wildman–Crippen MR) is 93.7 cm³/mol. The van der Waals surface area contributed by atoms with E-state index in [1.54, 1.807) is 6.20 Å². The minimum Gasteiger partial charge on any atom is -0.384 e. The Kier molecular flexibility index (Phi) is 6.43. The van der Waals surface area contributed by atoms with E-state index < -0.39 is 0 Å². The van der Waals surface area contributed by atoms with Crippen molar-refractivity contribution in [3.63, 3.8) is 0 Å². The molecule has 0 bridgehead atoms. The molecular formula is C18H30N4. The Bertz CT molecular complexity index is 486. The van der Waals surface area contributed by atoms with E-state index in [4.69, 9.17) is 5.73 Å². The molecular weight excluding hydrogens is 272 g/mol. The highest BCUT2D eigenvalue weighted by atomic mass is 15.0. The highest BCUT2D eigenvalue weighted by Gasteiger charge is 2.23. The number of hydrogen-bond donors (Lipinski definition) is 4. The second-order valence-corrected chi connectivity index (χ2v) is 6.15. The summed E-state index contributed by atoms with van der Waals surface area (Å²) in [5, 5.41) is 10.3. The highest BCUT2D eigenvalue weighted by molar-refractivity contribution is 5.40. The van der Waals surface area contributed by atoms with Crippen LogP contribution in [0.15, 0.2) is 31.0 Å². The van der Waals surface area contributed by atoms with Crippen LogP contribution in [0.5, 0.6) is 0 Å². The van der Waals surface area contributed by atoms with Crippen molar-refractivity contribution in [2.24, 2.45) is 5.73 Å². The summed E-state index contributed by atoms with van der Waals surface area (Å²) < 4.78 is 0. The minimum atomic E-state index is 0.211. The predicted octanol–water partition coefficient (Wildman–Crippen LogP) is 1.82. The quantitative estimate of drug-likeness (QED) is 0.591. The summed E-state index contributed by atoms with van der Waals surface area (Å²) in [7, 11) is 2.01. The number of nitrogens with two attached hydrogens (primary N) is 1. The molecule has 1 aromatic carbocycles. The molecule has 2 rings (SSSR count). The summed E-state index contributed by atoms with van der Waals surface area (Å²) in [5.41, 5.74) is 10.5. The molecule has 1 heterocycles. The van der Waals surface area contributed by atoms with Crippen LogP contribution in [0, 0.1) is 0 Å². The van der Waals surface area contributed by atoms with Crippen LogP contribution in [-0.2, 0) is 13.0 Å². The second kappa shape index (κ2) is 8.32. The average molecular weight is 302 g/mol. The standard InChI is InChI=1S/C18H30N4/c1-4-14(19)9-18(21-5-2)16-8-6-7-13-11-22-15(12-20-3)10-17(13)16/h5-8,14-15,18,20-22H,2,4,9-12,19H2,1,3H3. The zero-order chi connectivity index (χ0) is 15.9. The Hall–Kier alpha value is -1.36. The van der Waals surface area contributed by atoms with Gasteiger partial charge in [-0.3, -0.25) is 0 Å². The van der Waals surface area contributed by atoms with Crippen molar-refractivity contribution < 1.29 is 0 Å². The lowest BCUT2D eigenvalue weighted by Crippen LogP contribution is -2.42. The Morgan fingerprint density at radius 2 is 2.32 bits per heavy atom. The number of nitrogens with one attached hydrogen (secondary N) is 3. The molecule has 4 heteroatoms. The molecule has 4 nitrogen and oxygen atoms in total. The largest absolute Gasteiger partial charge is 0.384 e. The molecule has 0 saturated carbocycles. The molecule has 3 unspecified atom stereocenters. The van der Waals surface area contributed by atoms with Gasteiger partial charge >= 0.3 is 0 Å². The fraction of sp³-hybridized carbons (Fsp3) is 0.556. The summed E-state index contributed by atoms with van der Waals surface area (Å²) >= 11 is 0. The number of fused-ring (bicyclic) bond motifs is 1. The fourth-order valence-electron chi connectivity index (χ4n) is 3.26. The maximum Gasteiger partial charge on any atom is 0.0525 e. The summed E-state index contributed by atoms with van der Waals surface area (Å²) in [4.78, 5) is 0. The minimum absolute atomic E-state index is 0.211. The summed E-state index contributed by atoms with van der Waals surface area (Å²) in [6.07, 6.45) is 4.78. The van der Waals surface area contributed by atoms with Gasteiger partial charge in [0.05, 0.1) is 6.04 Å². The maximum atomic E-state index is 6.20. The van der Waals surface area contributed by atoms with E-state index in [1.165, 1.54) is 16.7 Å². The summed E-state index contributed by atoms with van der Waals surface area (Å²) in [5.74, 6) is 0. The Balaban J connectivity index is 2.27. The Morgan fingerprint density at radius 1 is 1.50 bits per heavy atom. The molecule has 0 aromatic heterocycles. The van der Waals surface area contributed by atoms with Crippen LogP contribution in [0.4, 0.5) is 0 Å². The van der Waals surface area contributed by atoms with Gasteiger partial charge in [0.1, 0.15) is 0 Å². The van der Waals surface area contributed by atoms with Crippen molar-refractivity contribution in [3.8, 4) is 0 Å². The van der Waals surface area contributed by atoms with Crippen LogP contribution in [0.2, 0.25) is 0 Å². The van der Waals surface area contributed by atoms with Crippen LogP contribution in [0.3, 0.4) is 0 Å². The van der Waals surface area contributed by atoms with Gasteiger partial charge in [0, 0.05) is 25.2 Å². The molecule has 0 spiro atoms. The lowest BCUT2D eigenvalue weighted by molar-refractivity contribution is 0.446. The molecule has 5 N–H and O–H groups in total. The molecule has 0 aliphatic carbocycles. The van der Waals surface area contributed by atoms with E-state index in [9.17, 15) is 0 Å². The van der Waals surface area contributed by atoms with Crippen molar-refractivity contribution in [2.75, 3.05) is 13.6 Å². The van der Waals surface area contributed by atoms with Gasteiger partial charge in [0.25, 0.3) is 0 Å². The molecule has 1 aliphatic rings. The van der Waals surface area contributed by atoms with Crippen molar-refractivity contribution in [1.82, 2.24) is 16.0 Å². The summed E-state index contributed by atoms with van der Waals surface area (Å²) in [6.45, 7) is 7.91. The molecule has 0 saturated heterocycles. The first-order chi connectivity index (χ1) is 10.7. The third kappa shape index (κ3) is 4.09. The molecule has 122 valence electrons. The topological polar surface area (TPSA) is 62.1 Å². The van der Waals surface area contributed by atoms with Gasteiger partial charge in [-0.05, 0) is 49.2 Å². The monoisotopic (exact) mass is 302 g/mol. The number of rotatable bonds is 8. The number of likely N-dealkylation sites (N-methyl/N-ethyl adjacent to an activating group) is 1. The van der Waals surface area contributed by atoms with Gasteiger partial charge in [0.2, 0.25) is 0 Å². The molecule has 0 fully saturated rings. The van der Waals surface area contributed by atoms with Crippen LogP contribution >= 0.6 is 0 Å². The normalized spacial score (nSPS) is 20.0. The third-order valence-electron chi connectivity index (χ3n) is 4.55. The van der Waals surface area contributed by atoms with Crippen molar-refractivity contribution in [2.45, 2.75) is 50.9 Å². The van der Waals surface area contributed by atoms with Gasteiger partial charge < -0.3 is 21.7 Å². The molecule has 1 aromatic rings. The van der Waals surface area contributed by atoms with E-state index >= 15 is 0 Å². The van der Waals surface area contributed by atoms with E-state index in [1.807, 2.05) is 7.05 Å². The van der Waals surface area contributed by atoms with Gasteiger partial charge in [-0.1, -0.05) is 31.7 Å². The van der Waals surface area contributed by atoms with E-state index in [0.717, 1.165) is 32.4 Å². The van der Waals surface area contributed by atoms with E-state index in [2.05, 4.69) is 47.7 Å². The zero-order valence-electron chi connectivity index (χ0n) is 13.9.